The number of nitrogens with one attached hydrogen (secondary N) is 2. The van der Waals surface area contributed by atoms with Crippen molar-refractivity contribution in [1.29, 1.82) is 0 Å². The van der Waals surface area contributed by atoms with Gasteiger partial charge in [0.15, 0.2) is 0 Å². The molecule has 1 aromatic heterocycles. The van der Waals surface area contributed by atoms with E-state index in [4.69, 9.17) is 9.47 Å². The minimum absolute atomic E-state index is 0.227. The molecule has 0 aromatic carbocycles. The van der Waals surface area contributed by atoms with Crippen molar-refractivity contribution in [2.75, 3.05) is 19.7 Å². The zero-order valence-corrected chi connectivity index (χ0v) is 14.6. The predicted octanol–water partition coefficient (Wildman–Crippen LogP) is 2.29. The molecule has 2 amide bonds. The Hall–Kier alpha value is -2.57. The number of amides is 2. The molecule has 0 saturated carbocycles. The number of rotatable bonds is 7. The summed E-state index contributed by atoms with van der Waals surface area (Å²) >= 11 is 0. The summed E-state index contributed by atoms with van der Waals surface area (Å²) in [7, 11) is 0. The number of carbonyl (C=O) groups is 2. The summed E-state index contributed by atoms with van der Waals surface area (Å²) in [5.41, 5.74) is -0.0632. The van der Waals surface area contributed by atoms with Crippen LogP contribution in [0.2, 0.25) is 0 Å². The van der Waals surface area contributed by atoms with Gasteiger partial charge in [0.05, 0.1) is 12.2 Å². The summed E-state index contributed by atoms with van der Waals surface area (Å²) in [5.74, 6) is 0.262. The third-order valence-electron chi connectivity index (χ3n) is 2.60. The quantitative estimate of drug-likeness (QED) is 0.746. The molecular formula is C17H25N3O4. The molecule has 0 aliphatic carbocycles. The van der Waals surface area contributed by atoms with Crippen LogP contribution in [-0.4, -0.2) is 42.3 Å². The first-order valence-electron chi connectivity index (χ1n) is 7.80. The average Bonchev–Trinajstić information content (AvgIpc) is 2.50. The average molecular weight is 335 g/mol. The molecule has 0 aliphatic heterocycles. The summed E-state index contributed by atoms with van der Waals surface area (Å²) < 4.78 is 10.3. The smallest absolute Gasteiger partial charge is 0.407 e. The Morgan fingerprint density at radius 1 is 1.17 bits per heavy atom. The minimum Gasteiger partial charge on any atom is -0.478 e. The molecule has 0 radical (unpaired) electrons. The first-order valence-corrected chi connectivity index (χ1v) is 7.80. The lowest BCUT2D eigenvalue weighted by Crippen LogP contribution is -2.32. The molecule has 0 spiro atoms. The van der Waals surface area contributed by atoms with Gasteiger partial charge in [0.2, 0.25) is 5.88 Å². The number of carbonyl (C=O) groups excluding carboxylic acids is 2. The molecule has 0 unspecified atom stereocenters. The lowest BCUT2D eigenvalue weighted by atomic mass is 10.2. The lowest BCUT2D eigenvalue weighted by molar-refractivity contribution is 0.0533. The number of ether oxygens (including phenoxy) is 2. The number of hydrogen-bond acceptors (Lipinski definition) is 5. The van der Waals surface area contributed by atoms with Crippen molar-refractivity contribution in [1.82, 2.24) is 15.6 Å². The van der Waals surface area contributed by atoms with Crippen molar-refractivity contribution in [2.24, 2.45) is 0 Å². The summed E-state index contributed by atoms with van der Waals surface area (Å²) in [6.07, 6.45) is 4.48. The Morgan fingerprint density at radius 2 is 1.83 bits per heavy atom. The van der Waals surface area contributed by atoms with Crippen molar-refractivity contribution < 1.29 is 19.1 Å². The fourth-order valence-electron chi connectivity index (χ4n) is 1.62. The number of alkyl carbamates (subject to hydrolysis) is 1. The highest BCUT2D eigenvalue weighted by Gasteiger charge is 2.14. The van der Waals surface area contributed by atoms with E-state index in [2.05, 4.69) is 15.6 Å². The van der Waals surface area contributed by atoms with Crippen LogP contribution in [0.3, 0.4) is 0 Å². The molecule has 1 aromatic rings. The summed E-state index contributed by atoms with van der Waals surface area (Å²) in [5, 5.41) is 5.32. The Balaban J connectivity index is 2.26. The molecule has 132 valence electrons. The van der Waals surface area contributed by atoms with E-state index in [-0.39, 0.29) is 5.91 Å². The summed E-state index contributed by atoms with van der Waals surface area (Å²) in [6.45, 7) is 8.47. The molecule has 0 bridgehead atoms. The number of pyridine rings is 1. The maximum Gasteiger partial charge on any atom is 0.407 e. The molecule has 0 aliphatic rings. The van der Waals surface area contributed by atoms with Crippen LogP contribution < -0.4 is 15.4 Å². The largest absolute Gasteiger partial charge is 0.478 e. The van der Waals surface area contributed by atoms with Gasteiger partial charge < -0.3 is 20.1 Å². The molecule has 0 atom stereocenters. The van der Waals surface area contributed by atoms with E-state index < -0.39 is 11.7 Å². The maximum absolute atomic E-state index is 11.9. The number of hydrogen-bond donors (Lipinski definition) is 2. The molecule has 2 N–H and O–H groups in total. The van der Waals surface area contributed by atoms with Gasteiger partial charge in [-0.1, -0.05) is 12.2 Å². The van der Waals surface area contributed by atoms with E-state index in [1.807, 2.05) is 6.92 Å². The van der Waals surface area contributed by atoms with Gasteiger partial charge in [0.1, 0.15) is 5.60 Å². The van der Waals surface area contributed by atoms with E-state index in [0.29, 0.717) is 31.1 Å². The molecule has 0 saturated heterocycles. The first-order chi connectivity index (χ1) is 11.3. The Kier molecular flexibility index (Phi) is 7.74. The van der Waals surface area contributed by atoms with E-state index in [1.165, 1.54) is 6.20 Å². The van der Waals surface area contributed by atoms with Gasteiger partial charge in [-0.3, -0.25) is 4.79 Å². The fourth-order valence-corrected chi connectivity index (χ4v) is 1.62. The van der Waals surface area contributed by atoms with E-state index in [0.717, 1.165) is 0 Å². The Morgan fingerprint density at radius 3 is 2.38 bits per heavy atom. The van der Waals surface area contributed by atoms with Gasteiger partial charge in [0.25, 0.3) is 5.91 Å². The van der Waals surface area contributed by atoms with Crippen LogP contribution in [0.1, 0.15) is 38.1 Å². The van der Waals surface area contributed by atoms with E-state index in [9.17, 15) is 9.59 Å². The first kappa shape index (κ1) is 19.5. The summed E-state index contributed by atoms with van der Waals surface area (Å²) in [4.78, 5) is 27.3. The van der Waals surface area contributed by atoms with Gasteiger partial charge in [-0.2, -0.15) is 0 Å². The van der Waals surface area contributed by atoms with Crippen LogP contribution in [0.25, 0.3) is 0 Å². The zero-order chi connectivity index (χ0) is 18.0. The minimum atomic E-state index is -0.520. The van der Waals surface area contributed by atoms with Crippen molar-refractivity contribution >= 4 is 12.0 Å². The van der Waals surface area contributed by atoms with E-state index >= 15 is 0 Å². The fraction of sp³-hybridized carbons (Fsp3) is 0.471. The highest BCUT2D eigenvalue weighted by atomic mass is 16.6. The molecule has 7 heteroatoms. The maximum atomic E-state index is 11.9. The zero-order valence-electron chi connectivity index (χ0n) is 14.6. The second kappa shape index (κ2) is 9.54. The molecule has 0 fully saturated rings. The molecule has 24 heavy (non-hydrogen) atoms. The van der Waals surface area contributed by atoms with Gasteiger partial charge in [-0.05, 0) is 33.8 Å². The van der Waals surface area contributed by atoms with Crippen molar-refractivity contribution in [3.05, 3.63) is 36.0 Å². The Labute approximate surface area is 142 Å². The molecular weight excluding hydrogens is 310 g/mol. The summed E-state index contributed by atoms with van der Waals surface area (Å²) in [6, 6.07) is 3.31. The Bertz CT molecular complexity index is 562. The number of nitrogens with zero attached hydrogens (tertiary/aromatic N) is 1. The molecule has 1 heterocycles. The topological polar surface area (TPSA) is 89.6 Å². The van der Waals surface area contributed by atoms with Crippen molar-refractivity contribution in [2.45, 2.75) is 33.3 Å². The molecule has 7 nitrogen and oxygen atoms in total. The van der Waals surface area contributed by atoms with Crippen LogP contribution in [0.15, 0.2) is 30.5 Å². The van der Waals surface area contributed by atoms with Crippen LogP contribution >= 0.6 is 0 Å². The highest BCUT2D eigenvalue weighted by molar-refractivity contribution is 5.93. The van der Waals surface area contributed by atoms with Crippen LogP contribution in [0.5, 0.6) is 5.88 Å². The van der Waals surface area contributed by atoms with Crippen molar-refractivity contribution in [3.8, 4) is 5.88 Å². The number of aromatic nitrogens is 1. The van der Waals surface area contributed by atoms with E-state index in [1.54, 1.807) is 45.1 Å². The van der Waals surface area contributed by atoms with Gasteiger partial charge in [0, 0.05) is 25.4 Å². The van der Waals surface area contributed by atoms with Gasteiger partial charge in [-0.15, -0.1) is 0 Å². The third-order valence-corrected chi connectivity index (χ3v) is 2.60. The lowest BCUT2D eigenvalue weighted by Gasteiger charge is -2.19. The normalized spacial score (nSPS) is 11.2. The van der Waals surface area contributed by atoms with Crippen molar-refractivity contribution in [3.63, 3.8) is 0 Å². The second-order valence-electron chi connectivity index (χ2n) is 5.88. The monoisotopic (exact) mass is 335 g/mol. The van der Waals surface area contributed by atoms with Crippen LogP contribution in [0, 0.1) is 0 Å². The van der Waals surface area contributed by atoms with Crippen LogP contribution in [0.4, 0.5) is 4.79 Å². The third kappa shape index (κ3) is 8.17. The van der Waals surface area contributed by atoms with Gasteiger partial charge >= 0.3 is 6.09 Å². The SMILES string of the molecule is CCOc1ccc(C(=O)NCC=CCNC(=O)OC(C)(C)C)cn1. The predicted molar refractivity (Wildman–Crippen MR) is 91.1 cm³/mol. The standard InChI is InChI=1S/C17H25N3O4/c1-5-23-14-9-8-13(12-20-14)15(21)18-10-6-7-11-19-16(22)24-17(2,3)4/h6-9,12H,5,10-11H2,1-4H3,(H,18,21)(H,19,22). The molecule has 1 rings (SSSR count). The second-order valence-corrected chi connectivity index (χ2v) is 5.88. The van der Waals surface area contributed by atoms with Gasteiger partial charge in [-0.25, -0.2) is 9.78 Å². The highest BCUT2D eigenvalue weighted by Crippen LogP contribution is 2.07. The van der Waals surface area contributed by atoms with Crippen LogP contribution in [-0.2, 0) is 4.74 Å².